The number of hydrogen-bond acceptors (Lipinski definition) is 1. The molecule has 0 atom stereocenters. The summed E-state index contributed by atoms with van der Waals surface area (Å²) in [6.07, 6.45) is 0. The molecule has 0 spiro atoms. The van der Waals surface area contributed by atoms with Crippen molar-refractivity contribution >= 4 is 72.8 Å². The molecule has 12 rings (SSSR count). The van der Waals surface area contributed by atoms with Crippen LogP contribution >= 0.6 is 0 Å². The molecule has 7 aromatic carbocycles. The lowest BCUT2D eigenvalue weighted by Crippen LogP contribution is -2.50. The lowest BCUT2D eigenvalue weighted by molar-refractivity contribution is 0.586. The maximum absolute atomic E-state index is 2.83. The molecular weight excluding hydrogens is 858 g/mol. The highest BCUT2D eigenvalue weighted by atomic mass is 15.2. The minimum absolute atomic E-state index is 0.00202. The number of anilines is 2. The van der Waals surface area contributed by atoms with Crippen LogP contribution in [0.3, 0.4) is 0 Å². The van der Waals surface area contributed by atoms with Crippen molar-refractivity contribution in [3.8, 4) is 16.8 Å². The molecule has 1 aliphatic carbocycles. The third-order valence-electron chi connectivity index (χ3n) is 16.8. The monoisotopic (exact) mass is 930 g/mol. The Balaban J connectivity index is 1.30. The molecule has 0 bridgehead atoms. The highest BCUT2D eigenvalue weighted by Crippen LogP contribution is 2.58. The molecule has 0 amide bonds. The zero-order chi connectivity index (χ0) is 50.4. The van der Waals surface area contributed by atoms with Crippen molar-refractivity contribution in [1.82, 2.24) is 9.05 Å². The second-order valence-corrected chi connectivity index (χ2v) is 27.2. The number of nitrogens with zero attached hydrogens (tertiary/aromatic N) is 3. The van der Waals surface area contributed by atoms with Crippen LogP contribution in [0.15, 0.2) is 133 Å². The average Bonchev–Trinajstić information content (AvgIpc) is 3.87. The number of para-hydroxylation sites is 1. The van der Waals surface area contributed by atoms with Gasteiger partial charge in [0.1, 0.15) is 0 Å². The van der Waals surface area contributed by atoms with E-state index in [1.807, 2.05) is 0 Å². The van der Waals surface area contributed by atoms with Crippen molar-refractivity contribution in [3.63, 3.8) is 0 Å². The maximum Gasteiger partial charge on any atom is 0.333 e. The minimum atomic E-state index is -0.308. The molecule has 71 heavy (non-hydrogen) atoms. The van der Waals surface area contributed by atoms with E-state index in [4.69, 9.17) is 0 Å². The summed E-state index contributed by atoms with van der Waals surface area (Å²) in [6.45, 7) is 40.3. The molecule has 0 unspecified atom stereocenters. The maximum atomic E-state index is 2.83. The second kappa shape index (κ2) is 14.5. The van der Waals surface area contributed by atoms with Crippen LogP contribution in [-0.2, 0) is 32.5 Å². The molecule has 0 radical (unpaired) electrons. The number of benzene rings is 7. The zero-order valence-electron chi connectivity index (χ0n) is 45.5. The van der Waals surface area contributed by atoms with Crippen LogP contribution in [-0.4, -0.2) is 15.9 Å². The van der Waals surface area contributed by atoms with Crippen LogP contribution in [0.5, 0.6) is 0 Å². The molecule has 2 aromatic heterocycles. The fraction of sp³-hybridized carbons (Fsp3) is 0.343. The van der Waals surface area contributed by atoms with Crippen molar-refractivity contribution in [2.24, 2.45) is 0 Å². The number of hydrogen-bond donors (Lipinski definition) is 0. The van der Waals surface area contributed by atoms with Crippen molar-refractivity contribution < 1.29 is 0 Å². The van der Waals surface area contributed by atoms with Crippen LogP contribution in [0.4, 0.5) is 11.4 Å². The Bertz CT molecular complexity index is 3780. The van der Waals surface area contributed by atoms with Crippen LogP contribution in [0.25, 0.3) is 65.9 Å². The lowest BCUT2D eigenvalue weighted by Gasteiger charge is -2.44. The Kier molecular flexibility index (Phi) is 9.34. The van der Waals surface area contributed by atoms with Crippen molar-refractivity contribution in [2.75, 3.05) is 4.90 Å². The van der Waals surface area contributed by atoms with Gasteiger partial charge in [0, 0.05) is 66.3 Å². The molecule has 358 valence electrons. The summed E-state index contributed by atoms with van der Waals surface area (Å²) in [6, 6.07) is 50.7. The van der Waals surface area contributed by atoms with Gasteiger partial charge in [-0.15, -0.1) is 0 Å². The fourth-order valence-corrected chi connectivity index (χ4v) is 12.6. The predicted octanol–water partition coefficient (Wildman–Crippen LogP) is 17.5. The minimum Gasteiger partial charge on any atom is -0.375 e. The Morgan fingerprint density at radius 1 is 0.408 bits per heavy atom. The number of fused-ring (bicyclic) bond motifs is 11. The van der Waals surface area contributed by atoms with E-state index in [-0.39, 0.29) is 39.3 Å². The molecule has 0 N–H and O–H groups in total. The van der Waals surface area contributed by atoms with E-state index in [2.05, 4.69) is 259 Å². The van der Waals surface area contributed by atoms with Gasteiger partial charge < -0.3 is 13.9 Å². The van der Waals surface area contributed by atoms with Crippen molar-refractivity contribution in [3.05, 3.63) is 172 Å². The van der Waals surface area contributed by atoms with E-state index in [1.165, 1.54) is 127 Å². The van der Waals surface area contributed by atoms with Crippen molar-refractivity contribution in [1.29, 1.82) is 0 Å². The van der Waals surface area contributed by atoms with Gasteiger partial charge in [-0.3, -0.25) is 0 Å². The molecule has 4 heteroatoms. The summed E-state index contributed by atoms with van der Waals surface area (Å²) in [5.41, 5.74) is 24.8. The molecular formula is C67H72BN3. The Hall–Kier alpha value is -6.26. The smallest absolute Gasteiger partial charge is 0.333 e. The standard InChI is InChI=1S/C67H72BN3/c1-62(2,3)39-23-27-45(28-24-39)70-57-36-43(66(13,14)15)33-49-51-35-42(65(10,11)12)34-50-48-37-55-47(46-31-41(64(7,8)9)26-30-54(46)69(55)44-21-19-18-20-22-44)38-56(48)71(60(50)51)68(58(49)57)59-52-32-40(63(4,5)6)25-29-53(52)67(16,17)61(59)70/h18-38H,1-17H3. The van der Waals surface area contributed by atoms with Gasteiger partial charge in [0.15, 0.2) is 0 Å². The molecule has 0 saturated carbocycles. The summed E-state index contributed by atoms with van der Waals surface area (Å²) in [5, 5.41) is 5.24. The lowest BCUT2D eigenvalue weighted by atomic mass is 9.43. The zero-order valence-corrected chi connectivity index (χ0v) is 45.5. The van der Waals surface area contributed by atoms with E-state index >= 15 is 0 Å². The van der Waals surface area contributed by atoms with Crippen molar-refractivity contribution in [2.45, 2.75) is 150 Å². The highest BCUT2D eigenvalue weighted by Gasteiger charge is 2.53. The average molecular weight is 930 g/mol. The fourth-order valence-electron chi connectivity index (χ4n) is 12.6. The number of aromatic nitrogens is 2. The van der Waals surface area contributed by atoms with Crippen LogP contribution in [0, 0.1) is 0 Å². The molecule has 4 heterocycles. The first kappa shape index (κ1) is 45.9. The normalized spacial score (nSPS) is 15.7. The summed E-state index contributed by atoms with van der Waals surface area (Å²) in [7, 11) is 0. The Morgan fingerprint density at radius 3 is 1.55 bits per heavy atom. The number of rotatable bonds is 2. The van der Waals surface area contributed by atoms with Gasteiger partial charge in [0.25, 0.3) is 0 Å². The summed E-state index contributed by atoms with van der Waals surface area (Å²) in [4.78, 5) is 2.71. The molecule has 3 aliphatic rings. The highest BCUT2D eigenvalue weighted by molar-refractivity contribution is 6.93. The van der Waals surface area contributed by atoms with Gasteiger partial charge in [-0.25, -0.2) is 0 Å². The van der Waals surface area contributed by atoms with Gasteiger partial charge in [-0.05, 0) is 149 Å². The van der Waals surface area contributed by atoms with Gasteiger partial charge in [0.05, 0.1) is 11.0 Å². The third-order valence-corrected chi connectivity index (χ3v) is 16.8. The van der Waals surface area contributed by atoms with Gasteiger partial charge >= 0.3 is 6.85 Å². The quantitative estimate of drug-likeness (QED) is 0.157. The summed E-state index contributed by atoms with van der Waals surface area (Å²) in [5.74, 6) is 0. The van der Waals surface area contributed by atoms with E-state index in [0.29, 0.717) is 0 Å². The molecule has 0 saturated heterocycles. The van der Waals surface area contributed by atoms with E-state index in [0.717, 1.165) is 0 Å². The molecule has 0 fully saturated rings. The topological polar surface area (TPSA) is 13.1 Å². The van der Waals surface area contributed by atoms with Crippen LogP contribution < -0.4 is 10.4 Å². The van der Waals surface area contributed by atoms with E-state index in [1.54, 1.807) is 0 Å². The summed E-state index contributed by atoms with van der Waals surface area (Å²) >= 11 is 0. The van der Waals surface area contributed by atoms with E-state index in [9.17, 15) is 0 Å². The van der Waals surface area contributed by atoms with Gasteiger partial charge in [-0.2, -0.15) is 0 Å². The first-order valence-corrected chi connectivity index (χ1v) is 26.3. The first-order valence-electron chi connectivity index (χ1n) is 26.3. The van der Waals surface area contributed by atoms with Crippen LogP contribution in [0.2, 0.25) is 0 Å². The largest absolute Gasteiger partial charge is 0.375 e. The second-order valence-electron chi connectivity index (χ2n) is 27.2. The molecule has 3 nitrogen and oxygen atoms in total. The first-order chi connectivity index (χ1) is 33.1. The third kappa shape index (κ3) is 6.61. The van der Waals surface area contributed by atoms with Gasteiger partial charge in [-0.1, -0.05) is 178 Å². The van der Waals surface area contributed by atoms with Crippen LogP contribution in [0.1, 0.15) is 157 Å². The van der Waals surface area contributed by atoms with E-state index < -0.39 is 0 Å². The molecule has 9 aromatic rings. The molecule has 2 aliphatic heterocycles. The predicted molar refractivity (Wildman–Crippen MR) is 308 cm³/mol. The Labute approximate surface area is 423 Å². The Morgan fingerprint density at radius 2 is 0.915 bits per heavy atom. The number of allylic oxidation sites excluding steroid dienone is 1. The summed E-state index contributed by atoms with van der Waals surface area (Å²) < 4.78 is 5.35. The SMILES string of the molecule is CC(C)(C)c1ccc(N2C3=C(B4c5c(cc(C(C)(C)C)cc52)-c2cc(C(C)(C)C)cc5c6cc7c(cc6n4c25)c2cc(C(C)(C)C)ccc2n7-c2ccccc2)c2cc(C(C)(C)C)ccc2C3(C)C)cc1. The van der Waals surface area contributed by atoms with Gasteiger partial charge in [0.2, 0.25) is 0 Å².